The molecule has 0 unspecified atom stereocenters. The summed E-state index contributed by atoms with van der Waals surface area (Å²) in [5, 5.41) is 10.2. The van der Waals surface area contributed by atoms with Crippen molar-refractivity contribution in [3.8, 4) is 23.0 Å². The van der Waals surface area contributed by atoms with Crippen molar-refractivity contribution in [1.82, 2.24) is 15.0 Å². The molecule has 26 heavy (non-hydrogen) atoms. The standard InChI is InChI=1S/C18H16N6O2/c1-11-2-3-13(8-15(11)22-10-25)26-18-14(9-19)16(20)23-17(24-18)12-4-6-21-7-5-12/h2-10,19H,1H3,(H,22,25)(H2,20,23,24). The summed E-state index contributed by atoms with van der Waals surface area (Å²) in [6, 6.07) is 8.71. The first-order chi connectivity index (χ1) is 12.6. The molecule has 8 heteroatoms. The molecule has 8 nitrogen and oxygen atoms in total. The minimum atomic E-state index is 0.134. The zero-order chi connectivity index (χ0) is 18.5. The molecule has 0 spiro atoms. The molecule has 0 aliphatic heterocycles. The van der Waals surface area contributed by atoms with Crippen LogP contribution in [0.25, 0.3) is 11.4 Å². The number of anilines is 2. The minimum absolute atomic E-state index is 0.134. The van der Waals surface area contributed by atoms with Gasteiger partial charge in [-0.3, -0.25) is 9.78 Å². The van der Waals surface area contributed by atoms with Crippen LogP contribution in [0, 0.1) is 12.3 Å². The van der Waals surface area contributed by atoms with Crippen molar-refractivity contribution in [2.24, 2.45) is 0 Å². The molecular formula is C18H16N6O2. The van der Waals surface area contributed by atoms with Gasteiger partial charge in [0.05, 0.1) is 5.56 Å². The van der Waals surface area contributed by atoms with E-state index in [1.54, 1.807) is 42.7 Å². The number of nitrogens with zero attached hydrogens (tertiary/aromatic N) is 3. The molecule has 3 aromatic rings. The van der Waals surface area contributed by atoms with Crippen molar-refractivity contribution in [3.05, 3.63) is 53.9 Å². The van der Waals surface area contributed by atoms with Crippen LogP contribution < -0.4 is 15.8 Å². The fourth-order valence-electron chi connectivity index (χ4n) is 2.30. The Hall–Kier alpha value is -3.81. The number of pyridine rings is 1. The molecule has 0 saturated heterocycles. The molecule has 0 aliphatic carbocycles. The second-order valence-corrected chi connectivity index (χ2v) is 5.37. The molecular weight excluding hydrogens is 332 g/mol. The number of carbonyl (C=O) groups is 1. The number of nitrogens with one attached hydrogen (secondary N) is 2. The van der Waals surface area contributed by atoms with E-state index in [4.69, 9.17) is 15.9 Å². The van der Waals surface area contributed by atoms with Gasteiger partial charge in [-0.1, -0.05) is 6.07 Å². The van der Waals surface area contributed by atoms with Gasteiger partial charge in [0.1, 0.15) is 11.6 Å². The predicted molar refractivity (Wildman–Crippen MR) is 98.5 cm³/mol. The zero-order valence-corrected chi connectivity index (χ0v) is 13.9. The van der Waals surface area contributed by atoms with Crippen molar-refractivity contribution < 1.29 is 9.53 Å². The molecule has 4 N–H and O–H groups in total. The summed E-state index contributed by atoms with van der Waals surface area (Å²) in [7, 11) is 0. The Kier molecular flexibility index (Phi) is 4.84. The summed E-state index contributed by atoms with van der Waals surface area (Å²) in [6.45, 7) is 1.86. The van der Waals surface area contributed by atoms with Crippen molar-refractivity contribution in [3.63, 3.8) is 0 Å². The van der Waals surface area contributed by atoms with Crippen molar-refractivity contribution in [2.45, 2.75) is 6.92 Å². The van der Waals surface area contributed by atoms with E-state index in [-0.39, 0.29) is 17.3 Å². The average Bonchev–Trinajstić information content (AvgIpc) is 2.65. The molecule has 0 fully saturated rings. The van der Waals surface area contributed by atoms with Gasteiger partial charge in [-0.05, 0) is 30.7 Å². The molecule has 0 radical (unpaired) electrons. The lowest BCUT2D eigenvalue weighted by Gasteiger charge is -2.12. The van der Waals surface area contributed by atoms with Crippen molar-refractivity contribution >= 4 is 24.1 Å². The van der Waals surface area contributed by atoms with Gasteiger partial charge in [-0.15, -0.1) is 0 Å². The summed E-state index contributed by atoms with van der Waals surface area (Å²) in [5.74, 6) is 1.10. The molecule has 0 atom stereocenters. The number of nitrogens with two attached hydrogens (primary N) is 1. The van der Waals surface area contributed by atoms with Crippen LogP contribution in [0.2, 0.25) is 0 Å². The Bertz CT molecular complexity index is 959. The molecule has 0 saturated carbocycles. The third-order valence-electron chi connectivity index (χ3n) is 3.66. The Labute approximate surface area is 149 Å². The quantitative estimate of drug-likeness (QED) is 0.464. The van der Waals surface area contributed by atoms with Gasteiger partial charge in [0.15, 0.2) is 5.82 Å². The molecule has 2 aromatic heterocycles. The Morgan fingerprint density at radius 1 is 1.19 bits per heavy atom. The van der Waals surface area contributed by atoms with Gasteiger partial charge in [-0.2, -0.15) is 4.98 Å². The van der Waals surface area contributed by atoms with Gasteiger partial charge in [-0.25, -0.2) is 4.98 Å². The summed E-state index contributed by atoms with van der Waals surface area (Å²) in [6.07, 6.45) is 4.88. The highest BCUT2D eigenvalue weighted by molar-refractivity contribution is 5.87. The first-order valence-electron chi connectivity index (χ1n) is 7.69. The normalized spacial score (nSPS) is 10.2. The van der Waals surface area contributed by atoms with Gasteiger partial charge >= 0.3 is 0 Å². The Balaban J connectivity index is 2.04. The van der Waals surface area contributed by atoms with E-state index in [9.17, 15) is 4.79 Å². The van der Waals surface area contributed by atoms with E-state index in [0.717, 1.165) is 17.3 Å². The first kappa shape index (κ1) is 17.0. The SMILES string of the molecule is Cc1ccc(Oc2nc(-c3ccncc3)nc(N)c2C=N)cc1NC=O. The minimum Gasteiger partial charge on any atom is -0.438 e. The van der Waals surface area contributed by atoms with Gasteiger partial charge in [0.25, 0.3) is 0 Å². The number of hydrogen-bond donors (Lipinski definition) is 3. The fraction of sp³-hybridized carbons (Fsp3) is 0.0556. The average molecular weight is 348 g/mol. The number of rotatable bonds is 6. The monoisotopic (exact) mass is 348 g/mol. The number of hydrogen-bond acceptors (Lipinski definition) is 7. The highest BCUT2D eigenvalue weighted by Crippen LogP contribution is 2.30. The lowest BCUT2D eigenvalue weighted by Crippen LogP contribution is -2.05. The highest BCUT2D eigenvalue weighted by atomic mass is 16.5. The van der Waals surface area contributed by atoms with E-state index >= 15 is 0 Å². The Morgan fingerprint density at radius 2 is 1.96 bits per heavy atom. The van der Waals surface area contributed by atoms with Crippen LogP contribution in [0.3, 0.4) is 0 Å². The third kappa shape index (κ3) is 3.48. The molecule has 2 heterocycles. The number of amides is 1. The number of ether oxygens (including phenoxy) is 1. The van der Waals surface area contributed by atoms with Crippen LogP contribution in [0.4, 0.5) is 11.5 Å². The van der Waals surface area contributed by atoms with Crippen LogP contribution in [-0.4, -0.2) is 27.6 Å². The topological polar surface area (TPSA) is 127 Å². The zero-order valence-electron chi connectivity index (χ0n) is 13.9. The maximum Gasteiger partial charge on any atom is 0.233 e. The molecule has 1 amide bonds. The van der Waals surface area contributed by atoms with E-state index in [1.807, 2.05) is 6.92 Å². The number of nitrogen functional groups attached to an aromatic ring is 1. The largest absolute Gasteiger partial charge is 0.438 e. The van der Waals surface area contributed by atoms with Crippen molar-refractivity contribution in [1.29, 1.82) is 5.41 Å². The van der Waals surface area contributed by atoms with E-state index < -0.39 is 0 Å². The maximum absolute atomic E-state index is 10.7. The lowest BCUT2D eigenvalue weighted by atomic mass is 10.2. The summed E-state index contributed by atoms with van der Waals surface area (Å²) < 4.78 is 5.83. The number of aryl methyl sites for hydroxylation is 1. The molecule has 1 aromatic carbocycles. The third-order valence-corrected chi connectivity index (χ3v) is 3.66. The summed E-state index contributed by atoms with van der Waals surface area (Å²) >= 11 is 0. The molecule has 0 bridgehead atoms. The van der Waals surface area contributed by atoms with Gasteiger partial charge < -0.3 is 21.2 Å². The second kappa shape index (κ2) is 7.39. The molecule has 3 rings (SSSR count). The van der Waals surface area contributed by atoms with Crippen LogP contribution in [0.5, 0.6) is 11.6 Å². The number of carbonyl (C=O) groups excluding carboxylic acids is 1. The van der Waals surface area contributed by atoms with Crippen LogP contribution in [0.15, 0.2) is 42.7 Å². The van der Waals surface area contributed by atoms with Crippen molar-refractivity contribution in [2.75, 3.05) is 11.1 Å². The van der Waals surface area contributed by atoms with Crippen LogP contribution >= 0.6 is 0 Å². The molecule has 130 valence electrons. The van der Waals surface area contributed by atoms with E-state index in [0.29, 0.717) is 23.7 Å². The molecule has 0 aliphatic rings. The number of benzene rings is 1. The van der Waals surface area contributed by atoms with Gasteiger partial charge in [0, 0.05) is 35.9 Å². The summed E-state index contributed by atoms with van der Waals surface area (Å²) in [5.41, 5.74) is 8.46. The highest BCUT2D eigenvalue weighted by Gasteiger charge is 2.15. The predicted octanol–water partition coefficient (Wildman–Crippen LogP) is 2.79. The first-order valence-corrected chi connectivity index (χ1v) is 7.69. The maximum atomic E-state index is 10.7. The second-order valence-electron chi connectivity index (χ2n) is 5.37. The van der Waals surface area contributed by atoms with Crippen LogP contribution in [0.1, 0.15) is 11.1 Å². The summed E-state index contributed by atoms with van der Waals surface area (Å²) in [4.78, 5) is 23.3. The van der Waals surface area contributed by atoms with Crippen LogP contribution in [-0.2, 0) is 4.79 Å². The van der Waals surface area contributed by atoms with E-state index in [1.165, 1.54) is 0 Å². The van der Waals surface area contributed by atoms with Gasteiger partial charge in [0.2, 0.25) is 12.3 Å². The lowest BCUT2D eigenvalue weighted by molar-refractivity contribution is -0.105. The smallest absolute Gasteiger partial charge is 0.233 e. The Morgan fingerprint density at radius 3 is 2.65 bits per heavy atom. The number of aromatic nitrogens is 3. The fourth-order valence-corrected chi connectivity index (χ4v) is 2.30. The van der Waals surface area contributed by atoms with E-state index in [2.05, 4.69) is 20.3 Å².